The van der Waals surface area contributed by atoms with E-state index in [-0.39, 0.29) is 17.2 Å². The number of aliphatic carboxylic acids is 1. The Morgan fingerprint density at radius 3 is 2.58 bits per heavy atom. The van der Waals surface area contributed by atoms with Gasteiger partial charge in [0, 0.05) is 6.54 Å². The van der Waals surface area contributed by atoms with Gasteiger partial charge in [-0.2, -0.15) is 0 Å². The van der Waals surface area contributed by atoms with Gasteiger partial charge in [-0.15, -0.1) is 0 Å². The lowest BCUT2D eigenvalue weighted by Crippen LogP contribution is -2.26. The predicted octanol–water partition coefficient (Wildman–Crippen LogP) is 1.07. The van der Waals surface area contributed by atoms with Gasteiger partial charge >= 0.3 is 5.97 Å². The number of carboxylic acid groups (broad SMARTS) is 1. The number of carboxylic acids is 1. The average molecular weight is 290 g/mol. The molecule has 0 saturated heterocycles. The van der Waals surface area contributed by atoms with E-state index in [4.69, 9.17) is 9.63 Å². The van der Waals surface area contributed by atoms with Crippen LogP contribution < -0.4 is 4.72 Å². The summed E-state index contributed by atoms with van der Waals surface area (Å²) in [4.78, 5) is 10.7. The fraction of sp³-hybridized carbons (Fsp3) is 0.636. The van der Waals surface area contributed by atoms with Crippen molar-refractivity contribution in [3.8, 4) is 0 Å². The molecule has 0 saturated carbocycles. The highest BCUT2D eigenvalue weighted by molar-refractivity contribution is 7.89. The molecule has 8 heteroatoms. The minimum atomic E-state index is -3.65. The lowest BCUT2D eigenvalue weighted by atomic mass is 10.1. The summed E-state index contributed by atoms with van der Waals surface area (Å²) in [5.41, 5.74) is 0.309. The summed E-state index contributed by atoms with van der Waals surface area (Å²) in [7, 11) is -3.65. The Balaban J connectivity index is 2.56. The van der Waals surface area contributed by atoms with Gasteiger partial charge in [-0.25, -0.2) is 13.1 Å². The van der Waals surface area contributed by atoms with E-state index >= 15 is 0 Å². The molecule has 1 aromatic rings. The van der Waals surface area contributed by atoms with Gasteiger partial charge in [-0.1, -0.05) is 12.1 Å². The largest absolute Gasteiger partial charge is 0.481 e. The maximum atomic E-state index is 12.0. The lowest BCUT2D eigenvalue weighted by Gasteiger charge is -2.08. The van der Waals surface area contributed by atoms with Crippen molar-refractivity contribution in [2.75, 3.05) is 6.54 Å². The molecule has 1 rings (SSSR count). The van der Waals surface area contributed by atoms with Gasteiger partial charge in [0.05, 0.1) is 5.92 Å². The van der Waals surface area contributed by atoms with Gasteiger partial charge in [0.25, 0.3) is 0 Å². The highest BCUT2D eigenvalue weighted by atomic mass is 32.2. The summed E-state index contributed by atoms with van der Waals surface area (Å²) in [5, 5.41) is 12.3. The van der Waals surface area contributed by atoms with Gasteiger partial charge in [0.2, 0.25) is 10.0 Å². The number of sulfonamides is 1. The van der Waals surface area contributed by atoms with Crippen LogP contribution >= 0.6 is 0 Å². The van der Waals surface area contributed by atoms with E-state index in [9.17, 15) is 13.2 Å². The van der Waals surface area contributed by atoms with Crippen LogP contribution in [0.15, 0.2) is 9.42 Å². The van der Waals surface area contributed by atoms with Crippen LogP contribution in [0.4, 0.5) is 0 Å². The first-order valence-corrected chi connectivity index (χ1v) is 7.39. The second kappa shape index (κ2) is 6.16. The quantitative estimate of drug-likeness (QED) is 0.727. The number of nitrogens with one attached hydrogen (secondary N) is 1. The fourth-order valence-electron chi connectivity index (χ4n) is 1.67. The molecule has 0 radical (unpaired) electrons. The molecule has 1 unspecified atom stereocenters. The number of aryl methyl sites for hydroxylation is 2. The normalized spacial score (nSPS) is 13.4. The first-order valence-electron chi connectivity index (χ1n) is 5.91. The van der Waals surface area contributed by atoms with Gasteiger partial charge in [0.15, 0.2) is 5.76 Å². The van der Waals surface area contributed by atoms with Crippen molar-refractivity contribution < 1.29 is 22.8 Å². The zero-order valence-electron chi connectivity index (χ0n) is 11.1. The van der Waals surface area contributed by atoms with E-state index in [2.05, 4.69) is 9.88 Å². The lowest BCUT2D eigenvalue weighted by molar-refractivity contribution is -0.141. The zero-order valence-corrected chi connectivity index (χ0v) is 12.0. The van der Waals surface area contributed by atoms with Crippen LogP contribution in [0.5, 0.6) is 0 Å². The van der Waals surface area contributed by atoms with Crippen LogP contribution in [0, 0.1) is 19.8 Å². The van der Waals surface area contributed by atoms with Crippen LogP contribution in [0.2, 0.25) is 0 Å². The van der Waals surface area contributed by atoms with Crippen molar-refractivity contribution in [3.05, 3.63) is 11.5 Å². The molecule has 2 N–H and O–H groups in total. The van der Waals surface area contributed by atoms with E-state index in [0.717, 1.165) is 0 Å². The molecule has 0 spiro atoms. The molecule has 1 aromatic heterocycles. The van der Waals surface area contributed by atoms with Crippen LogP contribution in [0.25, 0.3) is 0 Å². The topological polar surface area (TPSA) is 110 Å². The molecule has 0 bridgehead atoms. The highest BCUT2D eigenvalue weighted by Gasteiger charge is 2.23. The Bertz CT molecular complexity index is 530. The molecule has 0 amide bonds. The smallest absolute Gasteiger partial charge is 0.306 e. The molecular weight excluding hydrogens is 272 g/mol. The van der Waals surface area contributed by atoms with Crippen LogP contribution in [0.3, 0.4) is 0 Å². The van der Waals surface area contributed by atoms with Crippen LogP contribution in [0.1, 0.15) is 31.2 Å². The summed E-state index contributed by atoms with van der Waals surface area (Å²) >= 11 is 0. The van der Waals surface area contributed by atoms with E-state index in [0.29, 0.717) is 18.5 Å². The van der Waals surface area contributed by atoms with Crippen molar-refractivity contribution in [3.63, 3.8) is 0 Å². The minimum absolute atomic E-state index is 0.0544. The Kier molecular flexibility index (Phi) is 5.07. The first kappa shape index (κ1) is 15.6. The summed E-state index contributed by atoms with van der Waals surface area (Å²) in [6, 6.07) is 0. The van der Waals surface area contributed by atoms with E-state index in [1.54, 1.807) is 13.8 Å². The predicted molar refractivity (Wildman–Crippen MR) is 67.2 cm³/mol. The third kappa shape index (κ3) is 4.03. The van der Waals surface area contributed by atoms with Crippen molar-refractivity contribution in [1.82, 2.24) is 9.88 Å². The van der Waals surface area contributed by atoms with Gasteiger partial charge < -0.3 is 9.63 Å². The van der Waals surface area contributed by atoms with Gasteiger partial charge in [-0.3, -0.25) is 4.79 Å². The van der Waals surface area contributed by atoms with E-state index in [1.807, 2.05) is 0 Å². The van der Waals surface area contributed by atoms with Gasteiger partial charge in [0.1, 0.15) is 10.6 Å². The summed E-state index contributed by atoms with van der Waals surface area (Å²) < 4.78 is 31.2. The second-order valence-corrected chi connectivity index (χ2v) is 6.14. The average Bonchev–Trinajstić information content (AvgIpc) is 2.64. The molecule has 7 nitrogen and oxygen atoms in total. The SMILES string of the molecule is Cc1noc(C)c1S(=O)(=O)NCCCC(C)C(=O)O. The minimum Gasteiger partial charge on any atom is -0.481 e. The van der Waals surface area contributed by atoms with E-state index < -0.39 is 21.9 Å². The van der Waals surface area contributed by atoms with E-state index in [1.165, 1.54) is 6.92 Å². The maximum Gasteiger partial charge on any atom is 0.306 e. The number of hydrogen-bond acceptors (Lipinski definition) is 5. The number of hydrogen-bond donors (Lipinski definition) is 2. The monoisotopic (exact) mass is 290 g/mol. The molecule has 0 aliphatic heterocycles. The van der Waals surface area contributed by atoms with Crippen LogP contribution in [-0.4, -0.2) is 31.2 Å². The molecule has 1 atom stereocenters. The molecule has 0 fully saturated rings. The Morgan fingerprint density at radius 1 is 1.47 bits per heavy atom. The van der Waals surface area contributed by atoms with Crippen LogP contribution in [-0.2, 0) is 14.8 Å². The Hall–Kier alpha value is -1.41. The number of nitrogens with zero attached hydrogens (tertiary/aromatic N) is 1. The van der Waals surface area contributed by atoms with Crippen molar-refractivity contribution in [2.45, 2.75) is 38.5 Å². The second-order valence-electron chi connectivity index (χ2n) is 4.43. The first-order chi connectivity index (χ1) is 8.75. The third-order valence-corrected chi connectivity index (χ3v) is 4.47. The molecular formula is C11H18N2O5S. The molecule has 0 aliphatic carbocycles. The summed E-state index contributed by atoms with van der Waals surface area (Å²) in [5.74, 6) is -1.12. The highest BCUT2D eigenvalue weighted by Crippen LogP contribution is 2.18. The Morgan fingerprint density at radius 2 is 2.11 bits per heavy atom. The fourth-order valence-corrected chi connectivity index (χ4v) is 3.07. The van der Waals surface area contributed by atoms with Crippen molar-refractivity contribution in [2.24, 2.45) is 5.92 Å². The maximum absolute atomic E-state index is 12.0. The number of rotatable bonds is 7. The summed E-state index contributed by atoms with van der Waals surface area (Å²) in [6.45, 7) is 4.85. The van der Waals surface area contributed by atoms with Crippen molar-refractivity contribution >= 4 is 16.0 Å². The molecule has 0 aliphatic rings. The Labute approximate surface area is 112 Å². The van der Waals surface area contributed by atoms with Gasteiger partial charge in [-0.05, 0) is 26.7 Å². The zero-order chi connectivity index (χ0) is 14.6. The molecule has 1 heterocycles. The molecule has 0 aromatic carbocycles. The summed E-state index contributed by atoms with van der Waals surface area (Å²) in [6.07, 6.45) is 0.871. The number of aromatic nitrogens is 1. The number of carbonyl (C=O) groups is 1. The van der Waals surface area contributed by atoms with Crippen molar-refractivity contribution in [1.29, 1.82) is 0 Å². The molecule has 19 heavy (non-hydrogen) atoms. The standard InChI is InChI=1S/C11H18N2O5S/c1-7(11(14)15)5-4-6-12-19(16,17)10-8(2)13-18-9(10)3/h7,12H,4-6H2,1-3H3,(H,14,15). The third-order valence-electron chi connectivity index (χ3n) is 2.76. The molecule has 108 valence electrons.